The summed E-state index contributed by atoms with van der Waals surface area (Å²) in [6, 6.07) is 7.23. The van der Waals surface area contributed by atoms with Crippen LogP contribution >= 0.6 is 0 Å². The number of esters is 3. The van der Waals surface area contributed by atoms with Crippen molar-refractivity contribution >= 4 is 24.0 Å². The number of carbonyl (C=O) groups excluding carboxylic acids is 3. The molecule has 0 aliphatic carbocycles. The van der Waals surface area contributed by atoms with Gasteiger partial charge in [0.05, 0.1) is 37.4 Å². The van der Waals surface area contributed by atoms with Crippen LogP contribution < -0.4 is 5.32 Å². The molecule has 0 spiro atoms. The van der Waals surface area contributed by atoms with E-state index < -0.39 is 23.8 Å². The summed E-state index contributed by atoms with van der Waals surface area (Å²) in [7, 11) is 1.29. The lowest BCUT2D eigenvalue weighted by atomic mass is 9.78. The number of dihydropyridines is 1. The highest BCUT2D eigenvalue weighted by atomic mass is 16.5. The first-order chi connectivity index (χ1) is 14.3. The second kappa shape index (κ2) is 10.4. The number of rotatable bonds is 7. The van der Waals surface area contributed by atoms with Crippen molar-refractivity contribution in [3.63, 3.8) is 0 Å². The molecule has 0 atom stereocenters. The molecule has 2 rings (SSSR count). The van der Waals surface area contributed by atoms with Gasteiger partial charge in [-0.05, 0) is 44.9 Å². The van der Waals surface area contributed by atoms with Crippen molar-refractivity contribution in [3.05, 3.63) is 64.0 Å². The maximum atomic E-state index is 12.9. The second-order valence-electron chi connectivity index (χ2n) is 6.56. The van der Waals surface area contributed by atoms with Crippen molar-refractivity contribution in [1.82, 2.24) is 5.32 Å². The molecular formula is C23H27NO6. The van der Waals surface area contributed by atoms with Crippen LogP contribution in [0.25, 0.3) is 6.08 Å². The van der Waals surface area contributed by atoms with E-state index in [4.69, 9.17) is 9.47 Å². The summed E-state index contributed by atoms with van der Waals surface area (Å²) in [6.07, 6.45) is 2.89. The van der Waals surface area contributed by atoms with Gasteiger partial charge in [-0.1, -0.05) is 24.3 Å². The molecule has 0 bridgehead atoms. The van der Waals surface area contributed by atoms with Crippen molar-refractivity contribution < 1.29 is 28.6 Å². The molecule has 7 heteroatoms. The summed E-state index contributed by atoms with van der Waals surface area (Å²) in [5.41, 5.74) is 3.17. The van der Waals surface area contributed by atoms with Gasteiger partial charge >= 0.3 is 17.9 Å². The second-order valence-corrected chi connectivity index (χ2v) is 6.56. The highest BCUT2D eigenvalue weighted by molar-refractivity contribution is 6.00. The van der Waals surface area contributed by atoms with Crippen molar-refractivity contribution in [2.45, 2.75) is 33.6 Å². The zero-order valence-electron chi connectivity index (χ0n) is 17.9. The van der Waals surface area contributed by atoms with E-state index in [1.54, 1.807) is 39.8 Å². The number of hydrogen-bond donors (Lipinski definition) is 1. The highest BCUT2D eigenvalue weighted by Gasteiger charge is 2.38. The van der Waals surface area contributed by atoms with E-state index in [0.717, 1.165) is 0 Å². The minimum atomic E-state index is -0.720. The first kappa shape index (κ1) is 22.9. The highest BCUT2D eigenvalue weighted by Crippen LogP contribution is 2.40. The van der Waals surface area contributed by atoms with Crippen molar-refractivity contribution in [2.24, 2.45) is 0 Å². The number of hydrogen-bond acceptors (Lipinski definition) is 7. The van der Waals surface area contributed by atoms with Crippen molar-refractivity contribution in [2.75, 3.05) is 20.3 Å². The predicted octanol–water partition coefficient (Wildman–Crippen LogP) is 3.23. The van der Waals surface area contributed by atoms with Gasteiger partial charge in [0.1, 0.15) is 0 Å². The normalized spacial score (nSPS) is 14.6. The maximum Gasteiger partial charge on any atom is 0.336 e. The van der Waals surface area contributed by atoms with Crippen LogP contribution in [0.4, 0.5) is 0 Å². The van der Waals surface area contributed by atoms with Crippen LogP contribution in [0, 0.1) is 0 Å². The van der Waals surface area contributed by atoms with Crippen molar-refractivity contribution in [1.29, 1.82) is 0 Å². The van der Waals surface area contributed by atoms with E-state index in [9.17, 15) is 14.4 Å². The van der Waals surface area contributed by atoms with Crippen LogP contribution in [0.3, 0.4) is 0 Å². The molecule has 1 aliphatic heterocycles. The van der Waals surface area contributed by atoms with Crippen LogP contribution in [-0.2, 0) is 28.6 Å². The topological polar surface area (TPSA) is 90.9 Å². The molecule has 1 N–H and O–H groups in total. The first-order valence-electron chi connectivity index (χ1n) is 9.73. The van der Waals surface area contributed by atoms with Gasteiger partial charge in [-0.25, -0.2) is 14.4 Å². The van der Waals surface area contributed by atoms with Gasteiger partial charge < -0.3 is 19.5 Å². The lowest BCUT2D eigenvalue weighted by molar-refractivity contribution is -0.139. The molecule has 1 aromatic carbocycles. The molecule has 0 amide bonds. The Morgan fingerprint density at radius 3 is 2.00 bits per heavy atom. The Bertz CT molecular complexity index is 885. The molecule has 0 saturated carbocycles. The Morgan fingerprint density at radius 2 is 1.50 bits per heavy atom. The zero-order chi connectivity index (χ0) is 22.3. The van der Waals surface area contributed by atoms with Gasteiger partial charge in [0, 0.05) is 17.5 Å². The Hall–Kier alpha value is -3.35. The van der Waals surface area contributed by atoms with Gasteiger partial charge in [0.15, 0.2) is 0 Å². The maximum absolute atomic E-state index is 12.9. The van der Waals surface area contributed by atoms with Crippen LogP contribution in [0.2, 0.25) is 0 Å². The van der Waals surface area contributed by atoms with E-state index in [-0.39, 0.29) is 13.2 Å². The lowest BCUT2D eigenvalue weighted by Crippen LogP contribution is -2.32. The average molecular weight is 413 g/mol. The molecule has 0 saturated heterocycles. The van der Waals surface area contributed by atoms with Crippen molar-refractivity contribution in [3.8, 4) is 0 Å². The Morgan fingerprint density at radius 1 is 0.967 bits per heavy atom. The standard InChI is InChI=1S/C23H27NO6/c1-6-29-22(26)19-14(3)24-15(4)20(23(27)30-7-2)21(19)17-11-9-8-10-16(17)12-13-18(25)28-5/h8-13,21,24H,6-7H2,1-5H3/b13-12+. The van der Waals surface area contributed by atoms with E-state index in [2.05, 4.69) is 10.1 Å². The van der Waals surface area contributed by atoms with E-state index >= 15 is 0 Å². The van der Waals surface area contributed by atoms with Crippen LogP contribution in [0.15, 0.2) is 52.9 Å². The number of methoxy groups -OCH3 is 1. The first-order valence-corrected chi connectivity index (χ1v) is 9.73. The zero-order valence-corrected chi connectivity index (χ0v) is 17.9. The van der Waals surface area contributed by atoms with Crippen LogP contribution in [-0.4, -0.2) is 38.2 Å². The fourth-order valence-corrected chi connectivity index (χ4v) is 3.42. The van der Waals surface area contributed by atoms with Gasteiger partial charge in [-0.15, -0.1) is 0 Å². The molecular weight excluding hydrogens is 386 g/mol. The number of ether oxygens (including phenoxy) is 3. The molecule has 0 fully saturated rings. The molecule has 7 nitrogen and oxygen atoms in total. The average Bonchev–Trinajstić information content (AvgIpc) is 2.71. The third-order valence-corrected chi connectivity index (χ3v) is 4.66. The summed E-state index contributed by atoms with van der Waals surface area (Å²) < 4.78 is 15.2. The summed E-state index contributed by atoms with van der Waals surface area (Å²) in [4.78, 5) is 37.3. The molecule has 160 valence electrons. The predicted molar refractivity (Wildman–Crippen MR) is 112 cm³/mol. The van der Waals surface area contributed by atoms with Gasteiger partial charge in [-0.3, -0.25) is 0 Å². The van der Waals surface area contributed by atoms with Gasteiger partial charge in [0.25, 0.3) is 0 Å². The Balaban J connectivity index is 2.72. The van der Waals surface area contributed by atoms with Gasteiger partial charge in [-0.2, -0.15) is 0 Å². The number of allylic oxidation sites excluding steroid dienone is 2. The fraction of sp³-hybridized carbons (Fsp3) is 0.348. The largest absolute Gasteiger partial charge is 0.466 e. The molecule has 30 heavy (non-hydrogen) atoms. The molecule has 1 aliphatic rings. The van der Waals surface area contributed by atoms with Crippen LogP contribution in [0.1, 0.15) is 44.7 Å². The Kier molecular flexibility index (Phi) is 7.98. The quantitative estimate of drug-likeness (QED) is 0.417. The SMILES string of the molecule is CCOC(=O)C1=C(C)NC(C)=C(C(=O)OCC)C1c1ccccc1/C=C/C(=O)OC. The molecule has 0 radical (unpaired) electrons. The Labute approximate surface area is 176 Å². The molecule has 1 aromatic rings. The van der Waals surface area contributed by atoms with Crippen LogP contribution in [0.5, 0.6) is 0 Å². The molecule has 1 heterocycles. The number of carbonyl (C=O) groups is 3. The summed E-state index contributed by atoms with van der Waals surface area (Å²) in [5.74, 6) is -2.27. The van der Waals surface area contributed by atoms with E-state index in [1.807, 2.05) is 18.2 Å². The number of benzene rings is 1. The van der Waals surface area contributed by atoms with E-state index in [0.29, 0.717) is 33.7 Å². The third-order valence-electron chi connectivity index (χ3n) is 4.66. The molecule has 0 unspecified atom stereocenters. The van der Waals surface area contributed by atoms with E-state index in [1.165, 1.54) is 13.2 Å². The monoisotopic (exact) mass is 413 g/mol. The number of nitrogens with one attached hydrogen (secondary N) is 1. The smallest absolute Gasteiger partial charge is 0.336 e. The molecule has 0 aromatic heterocycles. The summed E-state index contributed by atoms with van der Waals surface area (Å²) in [6.45, 7) is 7.36. The fourth-order valence-electron chi connectivity index (χ4n) is 3.42. The third kappa shape index (κ3) is 4.97. The lowest BCUT2D eigenvalue weighted by Gasteiger charge is -2.31. The van der Waals surface area contributed by atoms with Gasteiger partial charge in [0.2, 0.25) is 0 Å². The minimum absolute atomic E-state index is 0.198. The summed E-state index contributed by atoms with van der Waals surface area (Å²) in [5, 5.41) is 3.10. The summed E-state index contributed by atoms with van der Waals surface area (Å²) >= 11 is 0. The minimum Gasteiger partial charge on any atom is -0.466 e.